The first-order valence-electron chi connectivity index (χ1n) is 9.64. The highest BCUT2D eigenvalue weighted by molar-refractivity contribution is 6.30. The highest BCUT2D eigenvalue weighted by Gasteiger charge is 2.23. The normalized spacial score (nSPS) is 13.9. The van der Waals surface area contributed by atoms with Gasteiger partial charge in [-0.15, -0.1) is 0 Å². The minimum absolute atomic E-state index is 0.120. The lowest BCUT2D eigenvalue weighted by Gasteiger charge is -2.26. The van der Waals surface area contributed by atoms with E-state index in [0.717, 1.165) is 23.4 Å². The summed E-state index contributed by atoms with van der Waals surface area (Å²) in [6.07, 6.45) is 0.680. The molecule has 1 N–H and O–H groups in total. The Hall–Kier alpha value is -3.29. The Kier molecular flexibility index (Phi) is 4.90. The molecule has 1 aliphatic heterocycles. The predicted octanol–water partition coefficient (Wildman–Crippen LogP) is 3.70. The number of hydrogen-bond donors (Lipinski definition) is 1. The Balaban J connectivity index is 1.34. The number of nitrogens with one attached hydrogen (secondary N) is 1. The topological polar surface area (TPSA) is 87.9 Å². The van der Waals surface area contributed by atoms with Crippen molar-refractivity contribution in [3.63, 3.8) is 0 Å². The number of aromatic amines is 1. The van der Waals surface area contributed by atoms with Crippen molar-refractivity contribution >= 4 is 11.6 Å². The van der Waals surface area contributed by atoms with Crippen molar-refractivity contribution in [2.75, 3.05) is 6.54 Å². The van der Waals surface area contributed by atoms with Crippen molar-refractivity contribution in [2.45, 2.75) is 19.5 Å². The lowest BCUT2D eigenvalue weighted by Crippen LogP contribution is -2.35. The van der Waals surface area contributed by atoms with E-state index < -0.39 is 0 Å². The molecule has 0 saturated heterocycles. The summed E-state index contributed by atoms with van der Waals surface area (Å²) in [4.78, 5) is 26.9. The maximum absolute atomic E-state index is 12.7. The SMILES string of the molecule is O=c1[nH]c(-c2ccc(Cl)cc2)nc2c1CN(Cc1nc(-c3ccccc3)no1)CC2. The van der Waals surface area contributed by atoms with Gasteiger partial charge in [-0.3, -0.25) is 9.69 Å². The van der Waals surface area contributed by atoms with Crippen molar-refractivity contribution < 1.29 is 4.52 Å². The van der Waals surface area contributed by atoms with E-state index in [1.165, 1.54) is 0 Å². The highest BCUT2D eigenvalue weighted by atomic mass is 35.5. The fourth-order valence-corrected chi connectivity index (χ4v) is 3.70. The van der Waals surface area contributed by atoms with Gasteiger partial charge in [0.2, 0.25) is 11.7 Å². The second-order valence-electron chi connectivity index (χ2n) is 7.19. The van der Waals surface area contributed by atoms with Crippen LogP contribution in [-0.4, -0.2) is 31.6 Å². The minimum atomic E-state index is -0.120. The zero-order valence-corrected chi connectivity index (χ0v) is 16.8. The minimum Gasteiger partial charge on any atom is -0.338 e. The van der Waals surface area contributed by atoms with E-state index in [1.807, 2.05) is 42.5 Å². The van der Waals surface area contributed by atoms with Gasteiger partial charge in [0.1, 0.15) is 5.82 Å². The summed E-state index contributed by atoms with van der Waals surface area (Å²) in [6.45, 7) is 1.73. The predicted molar refractivity (Wildman–Crippen MR) is 113 cm³/mol. The molecule has 0 fully saturated rings. The van der Waals surface area contributed by atoms with Crippen LogP contribution in [0.5, 0.6) is 0 Å². The van der Waals surface area contributed by atoms with Crippen LogP contribution in [0, 0.1) is 0 Å². The average molecular weight is 420 g/mol. The van der Waals surface area contributed by atoms with Crippen LogP contribution < -0.4 is 5.56 Å². The van der Waals surface area contributed by atoms with E-state index in [-0.39, 0.29) is 5.56 Å². The van der Waals surface area contributed by atoms with Gasteiger partial charge in [-0.2, -0.15) is 4.98 Å². The van der Waals surface area contributed by atoms with Crippen LogP contribution >= 0.6 is 11.6 Å². The molecular formula is C22H18ClN5O2. The quantitative estimate of drug-likeness (QED) is 0.542. The molecule has 1 aliphatic rings. The molecule has 30 heavy (non-hydrogen) atoms. The van der Waals surface area contributed by atoms with E-state index in [9.17, 15) is 4.79 Å². The lowest BCUT2D eigenvalue weighted by molar-refractivity contribution is 0.208. The molecule has 150 valence electrons. The van der Waals surface area contributed by atoms with Gasteiger partial charge in [0, 0.05) is 35.7 Å². The second kappa shape index (κ2) is 7.85. The Morgan fingerprint density at radius 3 is 2.63 bits per heavy atom. The van der Waals surface area contributed by atoms with Crippen molar-refractivity contribution in [1.29, 1.82) is 0 Å². The van der Waals surface area contributed by atoms with Crippen LogP contribution in [0.4, 0.5) is 0 Å². The monoisotopic (exact) mass is 419 g/mol. The third-order valence-electron chi connectivity index (χ3n) is 5.12. The number of aromatic nitrogens is 4. The maximum atomic E-state index is 12.7. The number of halogens is 1. The third kappa shape index (κ3) is 3.77. The number of fused-ring (bicyclic) bond motifs is 1. The van der Waals surface area contributed by atoms with E-state index in [4.69, 9.17) is 16.1 Å². The van der Waals surface area contributed by atoms with Gasteiger partial charge < -0.3 is 9.51 Å². The summed E-state index contributed by atoms with van der Waals surface area (Å²) in [5.74, 6) is 1.66. The largest absolute Gasteiger partial charge is 0.338 e. The van der Waals surface area contributed by atoms with Gasteiger partial charge in [0.05, 0.1) is 17.8 Å². The first kappa shape index (κ1) is 18.7. The van der Waals surface area contributed by atoms with Gasteiger partial charge in [-0.05, 0) is 24.3 Å². The molecule has 0 atom stereocenters. The van der Waals surface area contributed by atoms with Crippen molar-refractivity contribution in [3.8, 4) is 22.8 Å². The van der Waals surface area contributed by atoms with Crippen molar-refractivity contribution in [2.24, 2.45) is 0 Å². The maximum Gasteiger partial charge on any atom is 0.255 e. The summed E-state index contributed by atoms with van der Waals surface area (Å²) in [5, 5.41) is 4.71. The summed E-state index contributed by atoms with van der Waals surface area (Å²) in [6, 6.07) is 17.0. The molecule has 0 bridgehead atoms. The molecule has 0 spiro atoms. The standard InChI is InChI=1S/C22H18ClN5O2/c23-16-8-6-15(7-9-16)20-24-18-10-11-28(12-17(18)22(29)26-20)13-19-25-21(27-30-19)14-4-2-1-3-5-14/h1-9H,10-13H2,(H,24,26,29). The van der Waals surface area contributed by atoms with Crippen LogP contribution in [0.3, 0.4) is 0 Å². The molecule has 0 aliphatic carbocycles. The number of rotatable bonds is 4. The summed E-state index contributed by atoms with van der Waals surface area (Å²) >= 11 is 5.95. The molecule has 4 aromatic rings. The van der Waals surface area contributed by atoms with Crippen molar-refractivity contribution in [3.05, 3.63) is 87.1 Å². The molecule has 7 nitrogen and oxygen atoms in total. The highest BCUT2D eigenvalue weighted by Crippen LogP contribution is 2.22. The molecular weight excluding hydrogens is 402 g/mol. The molecule has 0 radical (unpaired) electrons. The molecule has 8 heteroatoms. The Labute approximate surface area is 177 Å². The van der Waals surface area contributed by atoms with Gasteiger partial charge in [0.15, 0.2) is 0 Å². The summed E-state index contributed by atoms with van der Waals surface area (Å²) in [7, 11) is 0. The molecule has 2 aromatic carbocycles. The van der Waals surface area contributed by atoms with Crippen LogP contribution in [0.1, 0.15) is 17.1 Å². The smallest absolute Gasteiger partial charge is 0.255 e. The Bertz CT molecular complexity index is 1230. The third-order valence-corrected chi connectivity index (χ3v) is 5.38. The van der Waals surface area contributed by atoms with Crippen LogP contribution in [0.15, 0.2) is 63.9 Å². The average Bonchev–Trinajstić information content (AvgIpc) is 3.24. The van der Waals surface area contributed by atoms with E-state index in [1.54, 1.807) is 12.1 Å². The number of nitrogens with zero attached hydrogens (tertiary/aromatic N) is 4. The first-order valence-corrected chi connectivity index (χ1v) is 10.0. The molecule has 5 rings (SSSR count). The van der Waals surface area contributed by atoms with E-state index in [0.29, 0.717) is 47.6 Å². The first-order chi connectivity index (χ1) is 14.7. The second-order valence-corrected chi connectivity index (χ2v) is 7.62. The van der Waals surface area contributed by atoms with Gasteiger partial charge >= 0.3 is 0 Å². The zero-order chi connectivity index (χ0) is 20.5. The molecule has 0 unspecified atom stereocenters. The Morgan fingerprint density at radius 1 is 1.03 bits per heavy atom. The number of H-pyrrole nitrogens is 1. The number of benzene rings is 2. The van der Waals surface area contributed by atoms with E-state index in [2.05, 4.69) is 25.0 Å². The summed E-state index contributed by atoms with van der Waals surface area (Å²) in [5.41, 5.74) is 3.13. The molecule has 0 saturated carbocycles. The van der Waals surface area contributed by atoms with Gasteiger partial charge in [-0.1, -0.05) is 47.1 Å². The Morgan fingerprint density at radius 2 is 1.83 bits per heavy atom. The fourth-order valence-electron chi connectivity index (χ4n) is 3.58. The molecule has 2 aromatic heterocycles. The summed E-state index contributed by atoms with van der Waals surface area (Å²) < 4.78 is 5.41. The number of hydrogen-bond acceptors (Lipinski definition) is 6. The van der Waals surface area contributed by atoms with Crippen LogP contribution in [0.2, 0.25) is 5.02 Å². The van der Waals surface area contributed by atoms with Gasteiger partial charge in [-0.25, -0.2) is 4.98 Å². The zero-order valence-electron chi connectivity index (χ0n) is 16.0. The molecule has 3 heterocycles. The lowest BCUT2D eigenvalue weighted by atomic mass is 10.1. The van der Waals surface area contributed by atoms with E-state index >= 15 is 0 Å². The fraction of sp³-hybridized carbons (Fsp3) is 0.182. The van der Waals surface area contributed by atoms with Gasteiger partial charge in [0.25, 0.3) is 5.56 Å². The van der Waals surface area contributed by atoms with Crippen molar-refractivity contribution in [1.82, 2.24) is 25.0 Å². The van der Waals surface area contributed by atoms with Crippen LogP contribution in [0.25, 0.3) is 22.8 Å². The van der Waals surface area contributed by atoms with Crippen LogP contribution in [-0.2, 0) is 19.5 Å². The molecule has 0 amide bonds.